The van der Waals surface area contributed by atoms with Gasteiger partial charge in [0.1, 0.15) is 11.4 Å². The smallest absolute Gasteiger partial charge is 0.405 e. The van der Waals surface area contributed by atoms with E-state index < -0.39 is 22.0 Å². The second-order valence-corrected chi connectivity index (χ2v) is 13.6. The van der Waals surface area contributed by atoms with Crippen LogP contribution in [0.4, 0.5) is 24.5 Å². The first-order chi connectivity index (χ1) is 17.8. The van der Waals surface area contributed by atoms with Crippen LogP contribution in [0.1, 0.15) is 20.8 Å². The molecule has 0 spiro atoms. The topological polar surface area (TPSA) is 70.1 Å². The molecule has 0 saturated carbocycles. The van der Waals surface area contributed by atoms with E-state index in [0.29, 0.717) is 0 Å². The maximum absolute atomic E-state index is 11.0. The SMILES string of the molecule is CN(C)c1ccc([S+](c2ccc(OC(C)(C)C)cc2)c2ccc(N(C)C)cc2)cc1.O=S(=O)(O)CC(F)(F)F. The summed E-state index contributed by atoms with van der Waals surface area (Å²) in [7, 11) is 3.20. The van der Waals surface area contributed by atoms with Crippen molar-refractivity contribution in [3.05, 3.63) is 72.8 Å². The summed E-state index contributed by atoms with van der Waals surface area (Å²) in [5, 5.41) is 0. The summed E-state index contributed by atoms with van der Waals surface area (Å²) < 4.78 is 65.6. The molecule has 0 aromatic heterocycles. The van der Waals surface area contributed by atoms with Crippen LogP contribution >= 0.6 is 0 Å². The molecule has 0 atom stereocenters. The van der Waals surface area contributed by atoms with Crippen molar-refractivity contribution in [1.82, 2.24) is 0 Å². The number of alkyl halides is 3. The van der Waals surface area contributed by atoms with Gasteiger partial charge >= 0.3 is 6.18 Å². The first-order valence-corrected chi connectivity index (χ1v) is 14.8. The van der Waals surface area contributed by atoms with Crippen LogP contribution in [0.5, 0.6) is 5.75 Å². The summed E-state index contributed by atoms with van der Waals surface area (Å²) in [4.78, 5) is 8.16. The van der Waals surface area contributed by atoms with Crippen molar-refractivity contribution in [2.75, 3.05) is 43.7 Å². The van der Waals surface area contributed by atoms with Crippen LogP contribution < -0.4 is 14.5 Å². The molecule has 0 aliphatic carbocycles. The van der Waals surface area contributed by atoms with Gasteiger partial charge in [-0.25, -0.2) is 0 Å². The Bertz CT molecular complexity index is 1240. The molecule has 0 unspecified atom stereocenters. The molecule has 0 fully saturated rings. The number of rotatable bonds is 7. The molecule has 6 nitrogen and oxygen atoms in total. The molecule has 0 radical (unpaired) electrons. The van der Waals surface area contributed by atoms with Crippen LogP contribution in [0.2, 0.25) is 0 Å². The van der Waals surface area contributed by atoms with Crippen molar-refractivity contribution in [2.24, 2.45) is 0 Å². The first kappa shape index (κ1) is 32.3. The van der Waals surface area contributed by atoms with E-state index in [0.717, 1.165) is 5.75 Å². The third-order valence-electron chi connectivity index (χ3n) is 5.01. The zero-order chi connectivity index (χ0) is 29.6. The average molecular weight is 586 g/mol. The van der Waals surface area contributed by atoms with Crippen LogP contribution in [0.15, 0.2) is 87.5 Å². The Balaban J connectivity index is 0.000000510. The predicted octanol–water partition coefficient (Wildman–Crippen LogP) is 6.53. The van der Waals surface area contributed by atoms with Gasteiger partial charge < -0.3 is 14.5 Å². The number of halogens is 3. The highest BCUT2D eigenvalue weighted by Gasteiger charge is 2.34. The zero-order valence-electron chi connectivity index (χ0n) is 23.2. The van der Waals surface area contributed by atoms with E-state index in [1.807, 2.05) is 0 Å². The Morgan fingerprint density at radius 1 is 0.718 bits per heavy atom. The number of hydrogen-bond acceptors (Lipinski definition) is 5. The molecule has 3 aromatic rings. The minimum Gasteiger partial charge on any atom is -0.488 e. The fourth-order valence-corrected chi connectivity index (χ4v) is 5.83. The van der Waals surface area contributed by atoms with Crippen LogP contribution in [-0.2, 0) is 21.0 Å². The van der Waals surface area contributed by atoms with Crippen molar-refractivity contribution >= 4 is 32.4 Å². The summed E-state index contributed by atoms with van der Waals surface area (Å²) in [5.74, 6) is -1.28. The molecule has 39 heavy (non-hydrogen) atoms. The molecular weight excluding hydrogens is 549 g/mol. The third kappa shape index (κ3) is 11.4. The largest absolute Gasteiger partial charge is 0.488 e. The van der Waals surface area contributed by atoms with Gasteiger partial charge in [0.05, 0.1) is 10.9 Å². The normalized spacial score (nSPS) is 12.0. The maximum Gasteiger partial charge on any atom is 0.405 e. The molecule has 0 bridgehead atoms. The molecule has 0 aliphatic heterocycles. The van der Waals surface area contributed by atoms with E-state index in [1.54, 1.807) is 0 Å². The highest BCUT2D eigenvalue weighted by molar-refractivity contribution is 7.97. The van der Waals surface area contributed by atoms with E-state index in [4.69, 9.17) is 9.29 Å². The van der Waals surface area contributed by atoms with Crippen molar-refractivity contribution < 1.29 is 30.9 Å². The lowest BCUT2D eigenvalue weighted by Crippen LogP contribution is -2.22. The Morgan fingerprint density at radius 3 is 1.28 bits per heavy atom. The molecule has 0 heterocycles. The van der Waals surface area contributed by atoms with Gasteiger partial charge in [0.2, 0.25) is 0 Å². The van der Waals surface area contributed by atoms with Crippen molar-refractivity contribution in [1.29, 1.82) is 0 Å². The maximum atomic E-state index is 11.0. The summed E-state index contributed by atoms with van der Waals surface area (Å²) in [6.45, 7) is 6.22. The summed E-state index contributed by atoms with van der Waals surface area (Å²) in [6, 6.07) is 26.3. The van der Waals surface area contributed by atoms with Crippen molar-refractivity contribution in [3.63, 3.8) is 0 Å². The Hall–Kier alpha value is -2.89. The van der Waals surface area contributed by atoms with Gasteiger partial charge in [-0.05, 0) is 93.6 Å². The van der Waals surface area contributed by atoms with Crippen LogP contribution in [0.25, 0.3) is 0 Å². The number of benzene rings is 3. The molecule has 0 saturated heterocycles. The number of ether oxygens (including phenoxy) is 1. The number of hydrogen-bond donors (Lipinski definition) is 1. The van der Waals surface area contributed by atoms with E-state index in [1.165, 1.54) is 26.1 Å². The average Bonchev–Trinajstić information content (AvgIpc) is 2.78. The Kier molecular flexibility index (Phi) is 10.8. The quantitative estimate of drug-likeness (QED) is 0.251. The van der Waals surface area contributed by atoms with Gasteiger partial charge in [-0.3, -0.25) is 4.55 Å². The minimum atomic E-state index is -4.91. The molecule has 3 aromatic carbocycles. The molecule has 1 N–H and O–H groups in total. The monoisotopic (exact) mass is 585 g/mol. The summed E-state index contributed by atoms with van der Waals surface area (Å²) in [5.41, 5.74) is 2.21. The van der Waals surface area contributed by atoms with Gasteiger partial charge in [-0.2, -0.15) is 21.6 Å². The van der Waals surface area contributed by atoms with Crippen molar-refractivity contribution in [2.45, 2.75) is 47.2 Å². The standard InChI is InChI=1S/C26H33N2OS.C2H3F3O3S/c1-26(2,3)29-22-12-18-25(19-13-22)30(23-14-8-20(9-15-23)27(4)5)24-16-10-21(11-17-24)28(6)7;3-2(4,5)1-9(6,7)8/h8-19H,1-7H3;1H2,(H,6,7,8)/q+1;. The Labute approximate surface area is 232 Å². The lowest BCUT2D eigenvalue weighted by atomic mass is 10.2. The van der Waals surface area contributed by atoms with E-state index in [2.05, 4.69) is 132 Å². The lowest BCUT2D eigenvalue weighted by molar-refractivity contribution is -0.107. The molecule has 11 heteroatoms. The van der Waals surface area contributed by atoms with Gasteiger partial charge in [-0.15, -0.1) is 0 Å². The van der Waals surface area contributed by atoms with E-state index in [-0.39, 0.29) is 16.5 Å². The molecular formula is C28H36F3N2O4S2+. The van der Waals surface area contributed by atoms with Gasteiger partial charge in [0.25, 0.3) is 10.1 Å². The van der Waals surface area contributed by atoms with E-state index >= 15 is 0 Å². The predicted molar refractivity (Wildman–Crippen MR) is 153 cm³/mol. The van der Waals surface area contributed by atoms with Crippen LogP contribution in [-0.4, -0.2) is 58.7 Å². The third-order valence-corrected chi connectivity index (χ3v) is 7.93. The number of nitrogens with zero attached hydrogens (tertiary/aromatic N) is 2. The van der Waals surface area contributed by atoms with E-state index in [9.17, 15) is 21.6 Å². The molecule has 214 valence electrons. The zero-order valence-corrected chi connectivity index (χ0v) is 24.8. The second kappa shape index (κ2) is 13.0. The molecule has 0 aliphatic rings. The van der Waals surface area contributed by atoms with Gasteiger partial charge in [-0.1, -0.05) is 0 Å². The van der Waals surface area contributed by atoms with Gasteiger partial charge in [0, 0.05) is 39.6 Å². The lowest BCUT2D eigenvalue weighted by Gasteiger charge is -2.21. The summed E-state index contributed by atoms with van der Waals surface area (Å²) in [6.07, 6.45) is -4.85. The van der Waals surface area contributed by atoms with Gasteiger partial charge in [0.15, 0.2) is 20.4 Å². The molecule has 3 rings (SSSR count). The Morgan fingerprint density at radius 2 is 1.05 bits per heavy atom. The van der Waals surface area contributed by atoms with Crippen LogP contribution in [0.3, 0.4) is 0 Å². The van der Waals surface area contributed by atoms with Crippen molar-refractivity contribution in [3.8, 4) is 5.75 Å². The summed E-state index contributed by atoms with van der Waals surface area (Å²) >= 11 is 0. The fourth-order valence-electron chi connectivity index (χ4n) is 3.37. The second-order valence-electron chi connectivity index (χ2n) is 10.1. The minimum absolute atomic E-state index is 0.182. The first-order valence-electron chi connectivity index (χ1n) is 11.9. The molecule has 0 amide bonds. The van der Waals surface area contributed by atoms with Crippen LogP contribution in [0, 0.1) is 0 Å². The number of anilines is 2. The highest BCUT2D eigenvalue weighted by Crippen LogP contribution is 2.34. The highest BCUT2D eigenvalue weighted by atomic mass is 32.2. The fraction of sp³-hybridized carbons (Fsp3) is 0.357.